The average molecular weight is 410 g/mol. The summed E-state index contributed by atoms with van der Waals surface area (Å²) in [5, 5.41) is 3.00. The lowest BCUT2D eigenvalue weighted by molar-refractivity contribution is -0.286. The molecular formula is C18H10F4N2O3S. The predicted octanol–water partition coefficient (Wildman–Crippen LogP) is 4.97. The summed E-state index contributed by atoms with van der Waals surface area (Å²) in [6.07, 6.45) is -2.44. The van der Waals surface area contributed by atoms with Crippen LogP contribution < -0.4 is 14.8 Å². The van der Waals surface area contributed by atoms with Crippen molar-refractivity contribution in [2.75, 3.05) is 5.32 Å². The zero-order valence-corrected chi connectivity index (χ0v) is 14.9. The van der Waals surface area contributed by atoms with Crippen LogP contribution in [0.2, 0.25) is 0 Å². The Morgan fingerprint density at radius 3 is 2.46 bits per heavy atom. The molecule has 0 atom stereocenters. The van der Waals surface area contributed by atoms with Gasteiger partial charge in [-0.05, 0) is 36.8 Å². The summed E-state index contributed by atoms with van der Waals surface area (Å²) in [4.78, 5) is 16.3. The van der Waals surface area contributed by atoms with E-state index in [1.807, 2.05) is 0 Å². The molecule has 10 heteroatoms. The molecule has 0 bridgehead atoms. The largest absolute Gasteiger partial charge is 0.586 e. The van der Waals surface area contributed by atoms with Gasteiger partial charge in [-0.2, -0.15) is 0 Å². The van der Waals surface area contributed by atoms with Crippen LogP contribution >= 0.6 is 11.3 Å². The summed E-state index contributed by atoms with van der Waals surface area (Å²) in [5.74, 6) is -3.18. The van der Waals surface area contributed by atoms with Gasteiger partial charge in [0.1, 0.15) is 27.2 Å². The number of fused-ring (bicyclic) bond motifs is 1. The molecule has 0 saturated heterocycles. The fourth-order valence-corrected chi connectivity index (χ4v) is 3.57. The molecule has 0 spiro atoms. The Kier molecular flexibility index (Phi) is 4.22. The molecule has 2 heterocycles. The predicted molar refractivity (Wildman–Crippen MR) is 92.8 cm³/mol. The number of thiazole rings is 1. The van der Waals surface area contributed by atoms with Gasteiger partial charge < -0.3 is 14.8 Å². The van der Waals surface area contributed by atoms with Crippen LogP contribution in [0.25, 0.3) is 10.6 Å². The van der Waals surface area contributed by atoms with Crippen molar-refractivity contribution in [3.8, 4) is 22.1 Å². The Morgan fingerprint density at radius 2 is 1.79 bits per heavy atom. The van der Waals surface area contributed by atoms with Crippen LogP contribution in [-0.2, 0) is 0 Å². The van der Waals surface area contributed by atoms with Gasteiger partial charge in [0, 0.05) is 5.56 Å². The molecule has 3 aromatic rings. The summed E-state index contributed by atoms with van der Waals surface area (Å²) >= 11 is 1.01. The Labute approximate surface area is 159 Å². The summed E-state index contributed by atoms with van der Waals surface area (Å²) in [5.41, 5.74) is 0.369. The standard InChI is InChI=1S/C18H10F4N2O3S/c1-8-5-12-13(27-18(21,22)26-12)6-9(8)17-23-7-14(28-17)24-16(25)15-10(19)3-2-4-11(15)20/h2-7H,1H3,(H,24,25). The fourth-order valence-electron chi connectivity index (χ4n) is 2.67. The second-order valence-electron chi connectivity index (χ2n) is 5.86. The highest BCUT2D eigenvalue weighted by molar-refractivity contribution is 7.19. The van der Waals surface area contributed by atoms with E-state index in [0.29, 0.717) is 16.1 Å². The van der Waals surface area contributed by atoms with E-state index in [1.165, 1.54) is 18.3 Å². The van der Waals surface area contributed by atoms with E-state index in [1.54, 1.807) is 6.92 Å². The van der Waals surface area contributed by atoms with Crippen LogP contribution in [0.4, 0.5) is 22.6 Å². The number of alkyl halides is 2. The van der Waals surface area contributed by atoms with Crippen molar-refractivity contribution in [1.82, 2.24) is 4.98 Å². The van der Waals surface area contributed by atoms with E-state index >= 15 is 0 Å². The molecule has 0 aliphatic carbocycles. The highest BCUT2D eigenvalue weighted by atomic mass is 32.1. The zero-order valence-electron chi connectivity index (χ0n) is 14.1. The van der Waals surface area contributed by atoms with Gasteiger partial charge in [0.2, 0.25) is 0 Å². The number of nitrogens with one attached hydrogen (secondary N) is 1. The third-order valence-corrected chi connectivity index (χ3v) is 4.86. The minimum atomic E-state index is -3.74. The lowest BCUT2D eigenvalue weighted by Crippen LogP contribution is -2.25. The van der Waals surface area contributed by atoms with Crippen LogP contribution in [0.15, 0.2) is 36.5 Å². The van der Waals surface area contributed by atoms with Gasteiger partial charge in [-0.15, -0.1) is 8.78 Å². The van der Waals surface area contributed by atoms with Crippen molar-refractivity contribution in [2.45, 2.75) is 13.2 Å². The Morgan fingerprint density at radius 1 is 1.14 bits per heavy atom. The van der Waals surface area contributed by atoms with Crippen LogP contribution in [0, 0.1) is 18.6 Å². The number of aromatic nitrogens is 1. The quantitative estimate of drug-likeness (QED) is 0.620. The molecular weight excluding hydrogens is 400 g/mol. The number of aryl methyl sites for hydroxylation is 1. The number of hydrogen-bond acceptors (Lipinski definition) is 5. The molecule has 4 rings (SSSR count). The number of ether oxygens (including phenoxy) is 2. The molecule has 144 valence electrons. The molecule has 2 aromatic carbocycles. The highest BCUT2D eigenvalue weighted by Crippen LogP contribution is 2.45. The minimum absolute atomic E-state index is 0.0913. The van der Waals surface area contributed by atoms with Crippen LogP contribution in [0.3, 0.4) is 0 Å². The van der Waals surface area contributed by atoms with E-state index in [-0.39, 0.29) is 16.5 Å². The Hall–Kier alpha value is -3.14. The van der Waals surface area contributed by atoms with Gasteiger partial charge in [-0.25, -0.2) is 13.8 Å². The van der Waals surface area contributed by atoms with Gasteiger partial charge in [0.15, 0.2) is 11.5 Å². The Bertz CT molecular complexity index is 1080. The first kappa shape index (κ1) is 18.2. The Balaban J connectivity index is 1.60. The third kappa shape index (κ3) is 3.26. The normalized spacial score (nSPS) is 14.2. The number of amides is 1. The van der Waals surface area contributed by atoms with Crippen molar-refractivity contribution in [3.05, 3.63) is 59.3 Å². The van der Waals surface area contributed by atoms with Crippen molar-refractivity contribution >= 4 is 22.2 Å². The van der Waals surface area contributed by atoms with E-state index in [2.05, 4.69) is 19.8 Å². The summed E-state index contributed by atoms with van der Waals surface area (Å²) in [6, 6.07) is 5.84. The lowest BCUT2D eigenvalue weighted by atomic mass is 10.1. The van der Waals surface area contributed by atoms with Crippen LogP contribution in [-0.4, -0.2) is 17.2 Å². The van der Waals surface area contributed by atoms with Gasteiger partial charge >= 0.3 is 6.29 Å². The first-order valence-electron chi connectivity index (χ1n) is 7.85. The summed E-state index contributed by atoms with van der Waals surface area (Å²) in [6.45, 7) is 1.67. The third-order valence-electron chi connectivity index (χ3n) is 3.91. The summed E-state index contributed by atoms with van der Waals surface area (Å²) in [7, 11) is 0. The van der Waals surface area contributed by atoms with Gasteiger partial charge in [0.05, 0.1) is 6.20 Å². The molecule has 1 N–H and O–H groups in total. The molecule has 1 aliphatic heterocycles. The lowest BCUT2D eigenvalue weighted by Gasteiger charge is -2.05. The molecule has 0 radical (unpaired) electrons. The average Bonchev–Trinajstić information content (AvgIpc) is 3.16. The highest BCUT2D eigenvalue weighted by Gasteiger charge is 2.43. The van der Waals surface area contributed by atoms with Crippen molar-refractivity contribution in [3.63, 3.8) is 0 Å². The fraction of sp³-hybridized carbons (Fsp3) is 0.111. The van der Waals surface area contributed by atoms with Crippen molar-refractivity contribution in [2.24, 2.45) is 0 Å². The smallest absolute Gasteiger partial charge is 0.395 e. The van der Waals surface area contributed by atoms with Gasteiger partial charge in [-0.1, -0.05) is 17.4 Å². The van der Waals surface area contributed by atoms with E-state index < -0.39 is 29.4 Å². The van der Waals surface area contributed by atoms with E-state index in [0.717, 1.165) is 29.5 Å². The maximum absolute atomic E-state index is 13.7. The van der Waals surface area contributed by atoms with E-state index in [4.69, 9.17) is 0 Å². The number of benzene rings is 2. The van der Waals surface area contributed by atoms with Gasteiger partial charge in [-0.3, -0.25) is 4.79 Å². The minimum Gasteiger partial charge on any atom is -0.395 e. The van der Waals surface area contributed by atoms with Crippen LogP contribution in [0.5, 0.6) is 11.5 Å². The molecule has 5 nitrogen and oxygen atoms in total. The number of nitrogens with zero attached hydrogens (tertiary/aromatic N) is 1. The monoisotopic (exact) mass is 410 g/mol. The molecule has 28 heavy (non-hydrogen) atoms. The number of anilines is 1. The number of rotatable bonds is 3. The first-order valence-corrected chi connectivity index (χ1v) is 8.67. The molecule has 0 unspecified atom stereocenters. The topological polar surface area (TPSA) is 60.5 Å². The zero-order chi connectivity index (χ0) is 20.1. The number of carbonyl (C=O) groups is 1. The first-order chi connectivity index (χ1) is 13.2. The maximum atomic E-state index is 13.7. The molecule has 1 amide bonds. The molecule has 0 saturated carbocycles. The number of hydrogen-bond donors (Lipinski definition) is 1. The van der Waals surface area contributed by atoms with Crippen molar-refractivity contribution < 1.29 is 31.8 Å². The van der Waals surface area contributed by atoms with E-state index in [9.17, 15) is 22.4 Å². The number of halogens is 4. The SMILES string of the molecule is Cc1cc2c(cc1-c1ncc(NC(=O)c3c(F)cccc3F)s1)OC(F)(F)O2. The molecule has 1 aliphatic rings. The maximum Gasteiger partial charge on any atom is 0.586 e. The number of carbonyl (C=O) groups excluding carboxylic acids is 1. The summed E-state index contributed by atoms with van der Waals surface area (Å²) < 4.78 is 62.7. The van der Waals surface area contributed by atoms with Crippen LogP contribution in [0.1, 0.15) is 15.9 Å². The second-order valence-corrected chi connectivity index (χ2v) is 6.89. The molecule has 1 aromatic heterocycles. The van der Waals surface area contributed by atoms with Crippen molar-refractivity contribution in [1.29, 1.82) is 0 Å². The van der Waals surface area contributed by atoms with Gasteiger partial charge in [0.25, 0.3) is 5.91 Å². The molecule has 0 fully saturated rings. The second kappa shape index (κ2) is 6.48.